The minimum absolute atomic E-state index is 0.225. The van der Waals surface area contributed by atoms with Gasteiger partial charge in [-0.15, -0.1) is 15.3 Å². The normalized spacial score (nSPS) is 11.6. The maximum Gasteiger partial charge on any atom is 0.284 e. The van der Waals surface area contributed by atoms with Gasteiger partial charge in [-0.25, -0.2) is 10.1 Å². The third-order valence-electron chi connectivity index (χ3n) is 4.47. The highest BCUT2D eigenvalue weighted by Crippen LogP contribution is 2.24. The van der Waals surface area contributed by atoms with Crippen molar-refractivity contribution in [3.05, 3.63) is 83.2 Å². The van der Waals surface area contributed by atoms with Gasteiger partial charge in [0.15, 0.2) is 5.84 Å². The van der Waals surface area contributed by atoms with Gasteiger partial charge in [0.1, 0.15) is 11.5 Å². The number of H-pyrrole nitrogens is 1. The van der Waals surface area contributed by atoms with Crippen LogP contribution in [-0.4, -0.2) is 30.3 Å². The zero-order valence-electron chi connectivity index (χ0n) is 17.4. The third kappa shape index (κ3) is 5.13. The Morgan fingerprint density at radius 3 is 2.00 bits per heavy atom. The molecule has 0 aliphatic carbocycles. The van der Waals surface area contributed by atoms with Crippen LogP contribution in [0.3, 0.4) is 0 Å². The quantitative estimate of drug-likeness (QED) is 0.163. The Hall–Kier alpha value is -4.11. The Kier molecular flexibility index (Phi) is 6.47. The number of amidine groups is 1. The summed E-state index contributed by atoms with van der Waals surface area (Å²) in [6.07, 6.45) is 0. The Balaban J connectivity index is 1.66. The molecular formula is C23H19N5O3S. The van der Waals surface area contributed by atoms with Gasteiger partial charge in [-0.1, -0.05) is 0 Å². The van der Waals surface area contributed by atoms with Gasteiger partial charge in [0.05, 0.1) is 25.6 Å². The van der Waals surface area contributed by atoms with Crippen molar-refractivity contribution in [2.24, 2.45) is 15.2 Å². The van der Waals surface area contributed by atoms with Crippen molar-refractivity contribution in [2.45, 2.75) is 0 Å². The van der Waals surface area contributed by atoms with E-state index in [4.69, 9.17) is 26.1 Å². The molecule has 0 fully saturated rings. The molecule has 0 aliphatic rings. The molecule has 0 amide bonds. The molecule has 0 spiro atoms. The highest BCUT2D eigenvalue weighted by atomic mass is 32.1. The lowest BCUT2D eigenvalue weighted by Gasteiger charge is -2.04. The molecule has 0 bridgehead atoms. The van der Waals surface area contributed by atoms with E-state index in [0.29, 0.717) is 23.1 Å². The molecule has 9 heteroatoms. The summed E-state index contributed by atoms with van der Waals surface area (Å²) in [6, 6.07) is 22.1. The van der Waals surface area contributed by atoms with E-state index in [0.717, 1.165) is 22.6 Å². The maximum absolute atomic E-state index is 5.34. The van der Waals surface area contributed by atoms with Crippen LogP contribution in [0.2, 0.25) is 0 Å². The van der Waals surface area contributed by atoms with Crippen molar-refractivity contribution in [3.8, 4) is 23.0 Å². The van der Waals surface area contributed by atoms with Gasteiger partial charge in [0.25, 0.3) is 4.84 Å². The summed E-state index contributed by atoms with van der Waals surface area (Å²) in [5.41, 5.74) is 2.96. The fourth-order valence-corrected chi connectivity index (χ4v) is 2.92. The van der Waals surface area contributed by atoms with E-state index in [1.807, 2.05) is 72.8 Å². The first-order valence-electron chi connectivity index (χ1n) is 9.59. The first-order valence-corrected chi connectivity index (χ1v) is 10.0. The van der Waals surface area contributed by atoms with E-state index in [-0.39, 0.29) is 4.84 Å². The van der Waals surface area contributed by atoms with Crippen molar-refractivity contribution in [2.75, 3.05) is 14.2 Å². The Morgan fingerprint density at radius 1 is 0.844 bits per heavy atom. The molecule has 1 N–H and O–H groups in total. The minimum atomic E-state index is 0.225. The molecule has 0 radical (unpaired) electrons. The van der Waals surface area contributed by atoms with Crippen LogP contribution in [0.1, 0.15) is 5.56 Å². The summed E-state index contributed by atoms with van der Waals surface area (Å²) in [7, 11) is 3.24. The lowest BCUT2D eigenvalue weighted by molar-refractivity contribution is 0.414. The molecule has 32 heavy (non-hydrogen) atoms. The van der Waals surface area contributed by atoms with Gasteiger partial charge in [0, 0.05) is 11.1 Å². The maximum atomic E-state index is 5.34. The number of aliphatic imine (C=N–C) groups is 1. The van der Waals surface area contributed by atoms with E-state index in [1.165, 1.54) is 0 Å². The topological polar surface area (TPSA) is 97.4 Å². The van der Waals surface area contributed by atoms with Crippen LogP contribution in [0.15, 0.2) is 92.4 Å². The Labute approximate surface area is 189 Å². The summed E-state index contributed by atoms with van der Waals surface area (Å²) in [4.78, 5) is 4.91. The molecule has 1 heterocycles. The van der Waals surface area contributed by atoms with E-state index in [9.17, 15) is 0 Å². The van der Waals surface area contributed by atoms with Crippen molar-refractivity contribution in [3.63, 3.8) is 0 Å². The summed E-state index contributed by atoms with van der Waals surface area (Å²) in [6.45, 7) is 0. The fraction of sp³-hybridized carbons (Fsp3) is 0.0870. The number of nitrogens with zero attached hydrogens (tertiary/aromatic N) is 4. The second-order valence-corrected chi connectivity index (χ2v) is 6.90. The van der Waals surface area contributed by atoms with Gasteiger partial charge in [-0.05, 0) is 85.0 Å². The average Bonchev–Trinajstić information content (AvgIpc) is 3.29. The fourth-order valence-electron chi connectivity index (χ4n) is 2.79. The van der Waals surface area contributed by atoms with Gasteiger partial charge in [-0.3, -0.25) is 0 Å². The van der Waals surface area contributed by atoms with Gasteiger partial charge >= 0.3 is 0 Å². The van der Waals surface area contributed by atoms with Crippen LogP contribution in [0.4, 0.5) is 11.4 Å². The van der Waals surface area contributed by atoms with Gasteiger partial charge in [-0.2, -0.15) is 0 Å². The predicted octanol–water partition coefficient (Wildman–Crippen LogP) is 6.28. The minimum Gasteiger partial charge on any atom is -0.497 e. The SMILES string of the molecule is COc1ccc(N=NC(=Nc2ccc(-c3n[nH]c(=S)o3)cc2)c2ccc(OC)cc2)cc1. The number of rotatable bonds is 6. The highest BCUT2D eigenvalue weighted by molar-refractivity contribution is 7.71. The summed E-state index contributed by atoms with van der Waals surface area (Å²) >= 11 is 4.93. The number of nitrogens with one attached hydrogen (secondary N) is 1. The zero-order valence-corrected chi connectivity index (χ0v) is 18.2. The number of benzene rings is 3. The molecular weight excluding hydrogens is 426 g/mol. The number of methoxy groups -OCH3 is 2. The summed E-state index contributed by atoms with van der Waals surface area (Å²) < 4.78 is 15.8. The number of azo groups is 1. The average molecular weight is 446 g/mol. The standard InChI is InChI=1S/C23H19N5O3S/c1-29-19-11-5-15(6-12-19)21(26-25-18-9-13-20(30-2)14-10-18)24-17-7-3-16(4-8-17)22-27-28-23(32)31-22/h3-14H,1-2H3,(H,28,32). The van der Waals surface area contributed by atoms with Crippen LogP contribution in [0.25, 0.3) is 11.5 Å². The molecule has 1 aromatic heterocycles. The van der Waals surface area contributed by atoms with E-state index in [1.54, 1.807) is 14.2 Å². The molecule has 4 aromatic rings. The molecule has 0 saturated carbocycles. The van der Waals surface area contributed by atoms with Crippen molar-refractivity contribution in [1.82, 2.24) is 10.2 Å². The van der Waals surface area contributed by atoms with Crippen LogP contribution >= 0.6 is 12.2 Å². The first kappa shape index (κ1) is 21.1. The van der Waals surface area contributed by atoms with Crippen LogP contribution < -0.4 is 9.47 Å². The zero-order chi connectivity index (χ0) is 22.3. The van der Waals surface area contributed by atoms with E-state index >= 15 is 0 Å². The Bertz CT molecular complexity index is 1290. The third-order valence-corrected chi connectivity index (χ3v) is 4.64. The number of hydrogen-bond acceptors (Lipinski definition) is 7. The Morgan fingerprint density at radius 2 is 1.44 bits per heavy atom. The monoisotopic (exact) mass is 445 g/mol. The molecule has 0 atom stereocenters. The van der Waals surface area contributed by atoms with Gasteiger partial charge in [0.2, 0.25) is 5.89 Å². The molecule has 0 unspecified atom stereocenters. The number of hydrogen-bond donors (Lipinski definition) is 1. The summed E-state index contributed by atoms with van der Waals surface area (Å²) in [5, 5.41) is 15.4. The molecule has 3 aromatic carbocycles. The highest BCUT2D eigenvalue weighted by Gasteiger charge is 2.07. The molecule has 4 rings (SSSR count). The van der Waals surface area contributed by atoms with Crippen LogP contribution in [0, 0.1) is 4.84 Å². The number of aromatic nitrogens is 2. The van der Waals surface area contributed by atoms with E-state index < -0.39 is 0 Å². The van der Waals surface area contributed by atoms with E-state index in [2.05, 4.69) is 25.4 Å². The van der Waals surface area contributed by atoms with Crippen molar-refractivity contribution in [1.29, 1.82) is 0 Å². The number of ether oxygens (including phenoxy) is 2. The molecule has 0 saturated heterocycles. The lowest BCUT2D eigenvalue weighted by Crippen LogP contribution is -1.96. The second kappa shape index (κ2) is 9.80. The largest absolute Gasteiger partial charge is 0.497 e. The van der Waals surface area contributed by atoms with Crippen molar-refractivity contribution < 1.29 is 13.9 Å². The predicted molar refractivity (Wildman–Crippen MR) is 124 cm³/mol. The number of aromatic amines is 1. The van der Waals surface area contributed by atoms with Crippen molar-refractivity contribution >= 4 is 29.4 Å². The lowest BCUT2D eigenvalue weighted by atomic mass is 10.2. The summed E-state index contributed by atoms with van der Waals surface area (Å²) in [5.74, 6) is 2.36. The van der Waals surface area contributed by atoms with Gasteiger partial charge < -0.3 is 13.9 Å². The smallest absolute Gasteiger partial charge is 0.284 e. The second-order valence-electron chi connectivity index (χ2n) is 6.53. The van der Waals surface area contributed by atoms with Crippen LogP contribution in [0.5, 0.6) is 11.5 Å². The molecule has 0 aliphatic heterocycles. The first-order chi connectivity index (χ1) is 15.6. The molecule has 160 valence electrons. The van der Waals surface area contributed by atoms with Crippen LogP contribution in [-0.2, 0) is 0 Å². The molecule has 8 nitrogen and oxygen atoms in total.